The quantitative estimate of drug-likeness (QED) is 0.518. The van der Waals surface area contributed by atoms with Crippen LogP contribution in [0.5, 0.6) is 0 Å². The SMILES string of the molecule is O=[N+]([O-])c1cc(/C=N/Nc2ccccc2)c(Cl)cc1Cl. The zero-order valence-corrected chi connectivity index (χ0v) is 11.6. The highest BCUT2D eigenvalue weighted by molar-refractivity contribution is 6.37. The largest absolute Gasteiger partial charge is 0.288 e. The van der Waals surface area contributed by atoms with Crippen LogP contribution in [0, 0.1) is 10.1 Å². The highest BCUT2D eigenvalue weighted by Gasteiger charge is 2.15. The van der Waals surface area contributed by atoms with Crippen LogP contribution in [0.3, 0.4) is 0 Å². The Balaban J connectivity index is 2.21. The van der Waals surface area contributed by atoms with Gasteiger partial charge in [0.25, 0.3) is 5.69 Å². The van der Waals surface area contributed by atoms with Gasteiger partial charge in [-0.25, -0.2) is 0 Å². The van der Waals surface area contributed by atoms with Crippen molar-refractivity contribution in [3.05, 3.63) is 68.2 Å². The van der Waals surface area contributed by atoms with Gasteiger partial charge in [-0.1, -0.05) is 41.4 Å². The topological polar surface area (TPSA) is 67.5 Å². The number of hydrogen-bond donors (Lipinski definition) is 1. The molecule has 0 atom stereocenters. The second-order valence-electron chi connectivity index (χ2n) is 3.82. The first kappa shape index (κ1) is 14.3. The first-order valence-corrected chi connectivity index (χ1v) is 6.31. The van der Waals surface area contributed by atoms with E-state index < -0.39 is 4.92 Å². The number of halogens is 2. The van der Waals surface area contributed by atoms with Gasteiger partial charge in [-0.05, 0) is 18.2 Å². The minimum Gasteiger partial charge on any atom is -0.279 e. The van der Waals surface area contributed by atoms with E-state index >= 15 is 0 Å². The molecule has 0 aliphatic rings. The van der Waals surface area contributed by atoms with Gasteiger partial charge in [-0.3, -0.25) is 15.5 Å². The number of anilines is 1. The lowest BCUT2D eigenvalue weighted by Crippen LogP contribution is -1.94. The van der Waals surface area contributed by atoms with Crippen LogP contribution in [0.2, 0.25) is 10.0 Å². The van der Waals surface area contributed by atoms with Gasteiger partial charge in [-0.2, -0.15) is 5.10 Å². The third-order valence-corrected chi connectivity index (χ3v) is 3.06. The molecule has 0 bridgehead atoms. The van der Waals surface area contributed by atoms with E-state index in [2.05, 4.69) is 10.5 Å². The van der Waals surface area contributed by atoms with E-state index in [1.54, 1.807) is 0 Å². The van der Waals surface area contributed by atoms with E-state index in [0.29, 0.717) is 10.6 Å². The van der Waals surface area contributed by atoms with Crippen molar-refractivity contribution < 1.29 is 4.92 Å². The minimum absolute atomic E-state index is 0.00633. The molecule has 0 aliphatic heterocycles. The molecule has 1 N–H and O–H groups in total. The average Bonchev–Trinajstić information content (AvgIpc) is 2.42. The lowest BCUT2D eigenvalue weighted by atomic mass is 10.2. The number of hydrogen-bond acceptors (Lipinski definition) is 4. The monoisotopic (exact) mass is 309 g/mol. The van der Waals surface area contributed by atoms with E-state index in [9.17, 15) is 10.1 Å². The van der Waals surface area contributed by atoms with Crippen molar-refractivity contribution in [1.82, 2.24) is 0 Å². The Morgan fingerprint density at radius 2 is 1.85 bits per heavy atom. The number of nitrogens with one attached hydrogen (secondary N) is 1. The average molecular weight is 310 g/mol. The Kier molecular flexibility index (Phi) is 4.55. The van der Waals surface area contributed by atoms with Gasteiger partial charge in [0, 0.05) is 11.6 Å². The van der Waals surface area contributed by atoms with Crippen molar-refractivity contribution in [1.29, 1.82) is 0 Å². The van der Waals surface area contributed by atoms with Crippen LogP contribution >= 0.6 is 23.2 Å². The molecule has 0 radical (unpaired) electrons. The highest BCUT2D eigenvalue weighted by Crippen LogP contribution is 2.29. The first-order valence-electron chi connectivity index (χ1n) is 5.55. The summed E-state index contributed by atoms with van der Waals surface area (Å²) >= 11 is 11.7. The third-order valence-electron chi connectivity index (χ3n) is 2.43. The molecule has 2 aromatic carbocycles. The molecule has 0 heterocycles. The molecule has 5 nitrogen and oxygen atoms in total. The number of rotatable bonds is 4. The summed E-state index contributed by atoms with van der Waals surface area (Å²) in [6, 6.07) is 11.9. The molecule has 0 aliphatic carbocycles. The predicted molar refractivity (Wildman–Crippen MR) is 80.8 cm³/mol. The van der Waals surface area contributed by atoms with E-state index in [0.717, 1.165) is 5.69 Å². The Labute approximate surface area is 125 Å². The summed E-state index contributed by atoms with van der Waals surface area (Å²) in [5.41, 5.74) is 3.78. The zero-order valence-electron chi connectivity index (χ0n) is 10.1. The standard InChI is InChI=1S/C13H9Cl2N3O2/c14-11-7-12(15)13(18(19)20)6-9(11)8-16-17-10-4-2-1-3-5-10/h1-8,17H/b16-8+. The molecular formula is C13H9Cl2N3O2. The van der Waals surface area contributed by atoms with Crippen LogP contribution in [0.4, 0.5) is 11.4 Å². The van der Waals surface area contributed by atoms with Gasteiger partial charge in [0.1, 0.15) is 5.02 Å². The van der Waals surface area contributed by atoms with Gasteiger partial charge in [0.2, 0.25) is 0 Å². The van der Waals surface area contributed by atoms with E-state index in [1.807, 2.05) is 30.3 Å². The zero-order chi connectivity index (χ0) is 14.5. The van der Waals surface area contributed by atoms with E-state index in [1.165, 1.54) is 18.3 Å². The second kappa shape index (κ2) is 6.36. The van der Waals surface area contributed by atoms with Gasteiger partial charge in [-0.15, -0.1) is 0 Å². The van der Waals surface area contributed by atoms with Gasteiger partial charge in [0.05, 0.1) is 21.8 Å². The molecule has 2 rings (SSSR count). The molecule has 0 saturated carbocycles. The molecule has 0 fully saturated rings. The van der Waals surface area contributed by atoms with Gasteiger partial charge < -0.3 is 0 Å². The summed E-state index contributed by atoms with van der Waals surface area (Å²) in [5, 5.41) is 15.1. The fourth-order valence-electron chi connectivity index (χ4n) is 1.48. The number of nitro benzene ring substituents is 1. The van der Waals surface area contributed by atoms with Crippen molar-refractivity contribution in [2.24, 2.45) is 5.10 Å². The van der Waals surface area contributed by atoms with E-state index in [4.69, 9.17) is 23.2 Å². The first-order chi connectivity index (χ1) is 9.58. The van der Waals surface area contributed by atoms with Crippen LogP contribution in [-0.2, 0) is 0 Å². The lowest BCUT2D eigenvalue weighted by molar-refractivity contribution is -0.384. The summed E-state index contributed by atoms with van der Waals surface area (Å²) in [7, 11) is 0. The second-order valence-corrected chi connectivity index (χ2v) is 4.63. The Morgan fingerprint density at radius 1 is 1.15 bits per heavy atom. The summed E-state index contributed by atoms with van der Waals surface area (Å²) in [6.07, 6.45) is 1.40. The minimum atomic E-state index is -0.569. The van der Waals surface area contributed by atoms with E-state index in [-0.39, 0.29) is 10.7 Å². The number of para-hydroxylation sites is 1. The van der Waals surface area contributed by atoms with Gasteiger partial charge in [0.15, 0.2) is 0 Å². The van der Waals surface area contributed by atoms with Crippen LogP contribution in [0.15, 0.2) is 47.6 Å². The lowest BCUT2D eigenvalue weighted by Gasteiger charge is -2.02. The molecule has 102 valence electrons. The number of benzene rings is 2. The Hall–Kier alpha value is -2.11. The molecule has 0 spiro atoms. The maximum Gasteiger partial charge on any atom is 0.288 e. The molecule has 2 aromatic rings. The molecular weight excluding hydrogens is 301 g/mol. The summed E-state index contributed by atoms with van der Waals surface area (Å²) < 4.78 is 0. The Morgan fingerprint density at radius 3 is 2.50 bits per heavy atom. The fraction of sp³-hybridized carbons (Fsp3) is 0. The molecule has 0 saturated heterocycles. The molecule has 0 unspecified atom stereocenters. The number of nitro groups is 1. The van der Waals surface area contributed by atoms with Crippen LogP contribution < -0.4 is 5.43 Å². The number of hydrazone groups is 1. The third kappa shape index (κ3) is 3.46. The van der Waals surface area contributed by atoms with Crippen LogP contribution in [0.25, 0.3) is 0 Å². The van der Waals surface area contributed by atoms with Crippen LogP contribution in [0.1, 0.15) is 5.56 Å². The van der Waals surface area contributed by atoms with Crippen LogP contribution in [-0.4, -0.2) is 11.1 Å². The Bertz CT molecular complexity index is 660. The van der Waals surface area contributed by atoms with Gasteiger partial charge >= 0.3 is 0 Å². The molecule has 0 amide bonds. The van der Waals surface area contributed by atoms with Crippen molar-refractivity contribution >= 4 is 40.8 Å². The van der Waals surface area contributed by atoms with Crippen molar-refractivity contribution in [2.45, 2.75) is 0 Å². The summed E-state index contributed by atoms with van der Waals surface area (Å²) in [6.45, 7) is 0. The molecule has 7 heteroatoms. The summed E-state index contributed by atoms with van der Waals surface area (Å²) in [5.74, 6) is 0. The highest BCUT2D eigenvalue weighted by atomic mass is 35.5. The van der Waals surface area contributed by atoms with Crippen molar-refractivity contribution in [2.75, 3.05) is 5.43 Å². The maximum absolute atomic E-state index is 10.8. The molecule has 20 heavy (non-hydrogen) atoms. The number of nitrogens with zero attached hydrogens (tertiary/aromatic N) is 2. The fourth-order valence-corrected chi connectivity index (χ4v) is 1.98. The molecule has 0 aromatic heterocycles. The summed E-state index contributed by atoms with van der Waals surface area (Å²) in [4.78, 5) is 10.2. The normalized spacial score (nSPS) is 10.7. The maximum atomic E-state index is 10.8. The van der Waals surface area contributed by atoms with Crippen molar-refractivity contribution in [3.63, 3.8) is 0 Å². The predicted octanol–water partition coefficient (Wildman–Crippen LogP) is 4.35. The smallest absolute Gasteiger partial charge is 0.279 e. The van der Waals surface area contributed by atoms with Crippen molar-refractivity contribution in [3.8, 4) is 0 Å².